The summed E-state index contributed by atoms with van der Waals surface area (Å²) in [4.78, 5) is 4.64. The number of nitrogens with zero attached hydrogens (tertiary/aromatic N) is 1. The van der Waals surface area contributed by atoms with Crippen molar-refractivity contribution in [2.45, 2.75) is 37.7 Å². The summed E-state index contributed by atoms with van der Waals surface area (Å²) < 4.78 is 11.0. The van der Waals surface area contributed by atoms with Crippen molar-refractivity contribution in [1.82, 2.24) is 10.6 Å². The minimum absolute atomic E-state index is 0. The predicted molar refractivity (Wildman–Crippen MR) is 129 cm³/mol. The van der Waals surface area contributed by atoms with Crippen LogP contribution in [0.15, 0.2) is 53.5 Å². The molecule has 1 saturated carbocycles. The fourth-order valence-electron chi connectivity index (χ4n) is 3.66. The second-order valence-electron chi connectivity index (χ2n) is 8.04. The highest BCUT2D eigenvalue weighted by Gasteiger charge is 2.44. The van der Waals surface area contributed by atoms with Gasteiger partial charge in [-0.3, -0.25) is 0 Å². The summed E-state index contributed by atoms with van der Waals surface area (Å²) in [6, 6.07) is 15.9. The molecule has 3 N–H and O–H groups in total. The van der Waals surface area contributed by atoms with E-state index >= 15 is 0 Å². The first-order chi connectivity index (χ1) is 14.0. The Labute approximate surface area is 195 Å². The third-order valence-electron chi connectivity index (χ3n) is 5.72. The molecule has 1 fully saturated rings. The number of ether oxygens (including phenoxy) is 2. The zero-order chi connectivity index (χ0) is 20.3. The summed E-state index contributed by atoms with van der Waals surface area (Å²) in [5.41, 5.74) is 1.21. The highest BCUT2D eigenvalue weighted by Crippen LogP contribution is 2.49. The van der Waals surface area contributed by atoms with Gasteiger partial charge in [0.15, 0.2) is 17.5 Å². The molecule has 6 nitrogen and oxygen atoms in total. The molecule has 0 aromatic heterocycles. The summed E-state index contributed by atoms with van der Waals surface area (Å²) in [6.07, 6.45) is 2.25. The lowest BCUT2D eigenvalue weighted by Crippen LogP contribution is -2.42. The lowest BCUT2D eigenvalue weighted by atomic mass is 9.95. The Morgan fingerprint density at radius 1 is 1.10 bits per heavy atom. The molecule has 0 spiro atoms. The minimum atomic E-state index is -1.02. The van der Waals surface area contributed by atoms with Crippen LogP contribution in [0.2, 0.25) is 0 Å². The molecule has 0 amide bonds. The van der Waals surface area contributed by atoms with Gasteiger partial charge in [-0.05, 0) is 49.9 Å². The van der Waals surface area contributed by atoms with Crippen LogP contribution in [0.4, 0.5) is 0 Å². The van der Waals surface area contributed by atoms with E-state index in [0.29, 0.717) is 6.79 Å². The molecule has 162 valence electrons. The molecule has 1 aliphatic heterocycles. The van der Waals surface area contributed by atoms with E-state index in [1.165, 1.54) is 5.56 Å². The quantitative estimate of drug-likeness (QED) is 0.294. The molecular formula is C23H30IN3O3. The van der Waals surface area contributed by atoms with Crippen molar-refractivity contribution in [3.05, 3.63) is 59.7 Å². The zero-order valence-electron chi connectivity index (χ0n) is 17.5. The number of nitrogens with one attached hydrogen (secondary N) is 2. The molecule has 30 heavy (non-hydrogen) atoms. The second-order valence-corrected chi connectivity index (χ2v) is 8.04. The number of aliphatic hydroxyl groups is 1. The highest BCUT2D eigenvalue weighted by atomic mass is 127. The third-order valence-corrected chi connectivity index (χ3v) is 5.72. The number of aliphatic imine (C=N–C) groups is 1. The van der Waals surface area contributed by atoms with Crippen LogP contribution in [0.5, 0.6) is 11.5 Å². The number of hydrogen-bond acceptors (Lipinski definition) is 4. The SMILES string of the molecule is CCNC(=NCC(C)(O)c1ccccc1)NCC1(c2ccc3c(c2)OCO3)CC1.I. The highest BCUT2D eigenvalue weighted by molar-refractivity contribution is 14.0. The van der Waals surface area contributed by atoms with Crippen LogP contribution in [-0.2, 0) is 11.0 Å². The van der Waals surface area contributed by atoms with Gasteiger partial charge in [-0.2, -0.15) is 0 Å². The first kappa shape index (κ1) is 22.7. The Morgan fingerprint density at radius 2 is 1.83 bits per heavy atom. The molecular weight excluding hydrogens is 493 g/mol. The summed E-state index contributed by atoms with van der Waals surface area (Å²) in [7, 11) is 0. The Hall–Kier alpha value is -2.00. The number of benzene rings is 2. The van der Waals surface area contributed by atoms with Gasteiger partial charge in [-0.25, -0.2) is 4.99 Å². The van der Waals surface area contributed by atoms with Gasteiger partial charge < -0.3 is 25.2 Å². The number of halogens is 1. The number of rotatable bonds is 7. The smallest absolute Gasteiger partial charge is 0.231 e. The minimum Gasteiger partial charge on any atom is -0.454 e. The first-order valence-electron chi connectivity index (χ1n) is 10.2. The van der Waals surface area contributed by atoms with Crippen LogP contribution in [-0.4, -0.2) is 37.5 Å². The van der Waals surface area contributed by atoms with E-state index in [4.69, 9.17) is 9.47 Å². The van der Waals surface area contributed by atoms with E-state index < -0.39 is 5.60 Å². The molecule has 0 bridgehead atoms. The standard InChI is InChI=1S/C23H29N3O3.HI/c1-3-24-21(25-14-22(2,27)17-7-5-4-6-8-17)26-15-23(11-12-23)18-9-10-19-20(13-18)29-16-28-19;/h4-10,13,27H,3,11-12,14-16H2,1-2H3,(H2,24,25,26);1H. The Balaban J connectivity index is 0.00000256. The Bertz CT molecular complexity index is 883. The number of guanidine groups is 1. The molecule has 2 aromatic carbocycles. The van der Waals surface area contributed by atoms with Crippen LogP contribution in [0.25, 0.3) is 0 Å². The van der Waals surface area contributed by atoms with Crippen molar-refractivity contribution in [2.75, 3.05) is 26.4 Å². The number of fused-ring (bicyclic) bond motifs is 1. The van der Waals surface area contributed by atoms with Crippen molar-refractivity contribution in [2.24, 2.45) is 4.99 Å². The van der Waals surface area contributed by atoms with E-state index in [1.54, 1.807) is 6.92 Å². The van der Waals surface area contributed by atoms with E-state index in [-0.39, 0.29) is 35.9 Å². The third kappa shape index (κ3) is 5.00. The molecule has 0 radical (unpaired) electrons. The van der Waals surface area contributed by atoms with Gasteiger partial charge in [0.1, 0.15) is 5.60 Å². The molecule has 0 saturated heterocycles. The van der Waals surface area contributed by atoms with Crippen LogP contribution in [0, 0.1) is 0 Å². The number of hydrogen-bond donors (Lipinski definition) is 3. The van der Waals surface area contributed by atoms with Crippen LogP contribution in [0.1, 0.15) is 37.8 Å². The van der Waals surface area contributed by atoms with Gasteiger partial charge in [-0.15, -0.1) is 24.0 Å². The van der Waals surface area contributed by atoms with E-state index in [0.717, 1.165) is 49.0 Å². The zero-order valence-corrected chi connectivity index (χ0v) is 19.8. The molecule has 1 atom stereocenters. The van der Waals surface area contributed by atoms with E-state index in [2.05, 4.69) is 27.8 Å². The van der Waals surface area contributed by atoms with Crippen LogP contribution in [0.3, 0.4) is 0 Å². The fraction of sp³-hybridized carbons (Fsp3) is 0.435. The molecule has 2 aliphatic rings. The average molecular weight is 523 g/mol. The summed E-state index contributed by atoms with van der Waals surface area (Å²) >= 11 is 0. The molecule has 1 aliphatic carbocycles. The topological polar surface area (TPSA) is 75.1 Å². The van der Waals surface area contributed by atoms with Gasteiger partial charge in [0, 0.05) is 18.5 Å². The normalized spacial score (nSPS) is 18.2. The van der Waals surface area contributed by atoms with Crippen molar-refractivity contribution in [3.63, 3.8) is 0 Å². The van der Waals surface area contributed by atoms with E-state index in [9.17, 15) is 5.11 Å². The molecule has 2 aromatic rings. The van der Waals surface area contributed by atoms with Crippen molar-refractivity contribution < 1.29 is 14.6 Å². The second kappa shape index (κ2) is 9.43. The lowest BCUT2D eigenvalue weighted by Gasteiger charge is -2.23. The Kier molecular flexibility index (Phi) is 7.13. The lowest BCUT2D eigenvalue weighted by molar-refractivity contribution is 0.0672. The maximum absolute atomic E-state index is 10.8. The van der Waals surface area contributed by atoms with Gasteiger partial charge in [0.2, 0.25) is 6.79 Å². The average Bonchev–Trinajstić information content (AvgIpc) is 3.38. The van der Waals surface area contributed by atoms with Gasteiger partial charge in [-0.1, -0.05) is 36.4 Å². The molecule has 1 unspecified atom stereocenters. The van der Waals surface area contributed by atoms with Crippen molar-refractivity contribution in [3.8, 4) is 11.5 Å². The molecule has 1 heterocycles. The van der Waals surface area contributed by atoms with Crippen LogP contribution < -0.4 is 20.1 Å². The fourth-order valence-corrected chi connectivity index (χ4v) is 3.66. The van der Waals surface area contributed by atoms with Gasteiger partial charge in [0.05, 0.1) is 6.54 Å². The summed E-state index contributed by atoms with van der Waals surface area (Å²) in [5.74, 6) is 2.36. The van der Waals surface area contributed by atoms with Crippen molar-refractivity contribution in [1.29, 1.82) is 0 Å². The van der Waals surface area contributed by atoms with Crippen molar-refractivity contribution >= 4 is 29.9 Å². The monoisotopic (exact) mass is 523 g/mol. The maximum Gasteiger partial charge on any atom is 0.231 e. The largest absolute Gasteiger partial charge is 0.454 e. The Morgan fingerprint density at radius 3 is 2.53 bits per heavy atom. The summed E-state index contributed by atoms with van der Waals surface area (Å²) in [6.45, 7) is 5.95. The van der Waals surface area contributed by atoms with Gasteiger partial charge in [0.25, 0.3) is 0 Å². The van der Waals surface area contributed by atoms with E-state index in [1.807, 2.05) is 43.3 Å². The first-order valence-corrected chi connectivity index (χ1v) is 10.2. The molecule has 4 rings (SSSR count). The van der Waals surface area contributed by atoms with Gasteiger partial charge >= 0.3 is 0 Å². The van der Waals surface area contributed by atoms with Crippen LogP contribution >= 0.6 is 24.0 Å². The molecule has 7 heteroatoms. The predicted octanol–water partition coefficient (Wildman–Crippen LogP) is 3.53. The summed E-state index contributed by atoms with van der Waals surface area (Å²) in [5, 5.41) is 17.6. The maximum atomic E-state index is 10.8.